The first kappa shape index (κ1) is 15.3. The van der Waals surface area contributed by atoms with Crippen molar-refractivity contribution in [1.29, 1.82) is 0 Å². The van der Waals surface area contributed by atoms with Gasteiger partial charge in [-0.1, -0.05) is 24.4 Å². The van der Waals surface area contributed by atoms with Gasteiger partial charge in [0.25, 0.3) is 0 Å². The van der Waals surface area contributed by atoms with Gasteiger partial charge in [0.15, 0.2) is 5.84 Å². The van der Waals surface area contributed by atoms with E-state index in [0.717, 1.165) is 18.9 Å². The summed E-state index contributed by atoms with van der Waals surface area (Å²) in [7, 11) is 0. The van der Waals surface area contributed by atoms with Crippen molar-refractivity contribution in [2.75, 3.05) is 5.32 Å². The molecule has 5 nitrogen and oxygen atoms in total. The van der Waals surface area contributed by atoms with Crippen LogP contribution in [0.2, 0.25) is 0 Å². The summed E-state index contributed by atoms with van der Waals surface area (Å²) in [6, 6.07) is 4.04. The third-order valence-corrected chi connectivity index (χ3v) is 3.85. The minimum Gasteiger partial charge on any atom is -0.409 e. The summed E-state index contributed by atoms with van der Waals surface area (Å²) in [5, 5.41) is 13.9. The Morgan fingerprint density at radius 1 is 1.38 bits per heavy atom. The van der Waals surface area contributed by atoms with Crippen LogP contribution in [0, 0.1) is 11.7 Å². The molecule has 1 aromatic rings. The van der Waals surface area contributed by atoms with Crippen LogP contribution in [-0.2, 0) is 4.79 Å². The third-order valence-electron chi connectivity index (χ3n) is 3.85. The number of carbonyl (C=O) groups is 1. The number of halogens is 1. The maximum atomic E-state index is 13.9. The fourth-order valence-corrected chi connectivity index (χ4v) is 2.69. The summed E-state index contributed by atoms with van der Waals surface area (Å²) in [6.45, 7) is 0. The van der Waals surface area contributed by atoms with Gasteiger partial charge in [-0.05, 0) is 37.0 Å². The summed E-state index contributed by atoms with van der Waals surface area (Å²) in [6.07, 6.45) is 6.14. The van der Waals surface area contributed by atoms with Crippen LogP contribution in [0.15, 0.2) is 23.4 Å². The molecular formula is C15H20FN3O2. The number of anilines is 1. The fraction of sp³-hybridized carbons (Fsp3) is 0.467. The number of nitrogens with zero attached hydrogens (tertiary/aromatic N) is 1. The first-order chi connectivity index (χ1) is 10.1. The largest absolute Gasteiger partial charge is 0.409 e. The van der Waals surface area contributed by atoms with E-state index in [9.17, 15) is 9.18 Å². The zero-order valence-electron chi connectivity index (χ0n) is 11.8. The van der Waals surface area contributed by atoms with E-state index in [1.807, 2.05) is 0 Å². The van der Waals surface area contributed by atoms with E-state index in [1.54, 1.807) is 0 Å². The number of hydrogen-bond donors (Lipinski definition) is 3. The molecule has 2 rings (SSSR count). The minimum atomic E-state index is -0.601. The summed E-state index contributed by atoms with van der Waals surface area (Å²) in [5.41, 5.74) is 5.76. The molecule has 0 aromatic heterocycles. The van der Waals surface area contributed by atoms with Gasteiger partial charge < -0.3 is 16.3 Å². The molecule has 0 radical (unpaired) electrons. The Labute approximate surface area is 123 Å². The number of nitrogens with one attached hydrogen (secondary N) is 1. The van der Waals surface area contributed by atoms with Crippen molar-refractivity contribution in [3.63, 3.8) is 0 Å². The molecule has 1 saturated carbocycles. The Hall–Kier alpha value is -2.11. The van der Waals surface area contributed by atoms with Gasteiger partial charge >= 0.3 is 0 Å². The van der Waals surface area contributed by atoms with Gasteiger partial charge in [-0.25, -0.2) is 4.39 Å². The zero-order valence-corrected chi connectivity index (χ0v) is 11.8. The molecule has 0 spiro atoms. The molecule has 1 amide bonds. The number of amides is 1. The molecule has 1 aliphatic rings. The topological polar surface area (TPSA) is 87.7 Å². The first-order valence-corrected chi connectivity index (χ1v) is 7.17. The van der Waals surface area contributed by atoms with Crippen molar-refractivity contribution >= 4 is 17.4 Å². The van der Waals surface area contributed by atoms with Crippen molar-refractivity contribution in [2.24, 2.45) is 16.8 Å². The predicted molar refractivity (Wildman–Crippen MR) is 78.7 cm³/mol. The van der Waals surface area contributed by atoms with E-state index in [0.29, 0.717) is 12.3 Å². The highest BCUT2D eigenvalue weighted by Crippen LogP contribution is 2.27. The summed E-state index contributed by atoms with van der Waals surface area (Å²) < 4.78 is 13.9. The number of amidine groups is 1. The Morgan fingerprint density at radius 3 is 2.71 bits per heavy atom. The lowest BCUT2D eigenvalue weighted by Gasteiger charge is -2.20. The normalized spacial score (nSPS) is 16.7. The van der Waals surface area contributed by atoms with Gasteiger partial charge in [-0.2, -0.15) is 0 Å². The number of benzene rings is 1. The van der Waals surface area contributed by atoms with E-state index in [-0.39, 0.29) is 23.0 Å². The highest BCUT2D eigenvalue weighted by atomic mass is 19.1. The monoisotopic (exact) mass is 293 g/mol. The smallest absolute Gasteiger partial charge is 0.224 e. The lowest BCUT2D eigenvalue weighted by atomic mass is 9.87. The van der Waals surface area contributed by atoms with E-state index >= 15 is 0 Å². The van der Waals surface area contributed by atoms with Crippen molar-refractivity contribution in [1.82, 2.24) is 0 Å². The van der Waals surface area contributed by atoms with Gasteiger partial charge in [0.1, 0.15) is 5.82 Å². The standard InChI is InChI=1S/C15H20FN3O2/c16-12-9-11(15(17)19-21)6-7-13(12)18-14(20)8-10-4-2-1-3-5-10/h6-7,9-10,21H,1-5,8H2,(H2,17,19)(H,18,20). The van der Waals surface area contributed by atoms with E-state index in [1.165, 1.54) is 31.4 Å². The van der Waals surface area contributed by atoms with Crippen LogP contribution in [0.5, 0.6) is 0 Å². The average Bonchev–Trinajstić information content (AvgIpc) is 2.49. The number of hydrogen-bond acceptors (Lipinski definition) is 3. The van der Waals surface area contributed by atoms with Gasteiger partial charge in [0.2, 0.25) is 5.91 Å². The molecule has 0 bridgehead atoms. The van der Waals surface area contributed by atoms with Crippen LogP contribution in [0.1, 0.15) is 44.1 Å². The van der Waals surface area contributed by atoms with Crippen LogP contribution in [0.25, 0.3) is 0 Å². The number of nitrogens with two attached hydrogens (primary N) is 1. The number of oxime groups is 1. The second kappa shape index (κ2) is 7.06. The van der Waals surface area contributed by atoms with Gasteiger partial charge in [-0.3, -0.25) is 4.79 Å². The molecule has 1 fully saturated rings. The second-order valence-electron chi connectivity index (χ2n) is 5.44. The molecule has 0 aliphatic heterocycles. The first-order valence-electron chi connectivity index (χ1n) is 7.17. The van der Waals surface area contributed by atoms with E-state index in [4.69, 9.17) is 10.9 Å². The van der Waals surface area contributed by atoms with Gasteiger partial charge in [-0.15, -0.1) is 0 Å². The molecule has 0 heterocycles. The third kappa shape index (κ3) is 4.18. The summed E-state index contributed by atoms with van der Waals surface area (Å²) in [4.78, 5) is 11.9. The number of rotatable bonds is 4. The van der Waals surface area contributed by atoms with E-state index < -0.39 is 5.82 Å². The number of carbonyl (C=O) groups excluding carboxylic acids is 1. The van der Waals surface area contributed by atoms with Crippen molar-refractivity contribution in [3.8, 4) is 0 Å². The zero-order chi connectivity index (χ0) is 15.2. The van der Waals surface area contributed by atoms with Crippen molar-refractivity contribution < 1.29 is 14.4 Å². The van der Waals surface area contributed by atoms with Crippen LogP contribution in [0.4, 0.5) is 10.1 Å². The predicted octanol–water partition coefficient (Wildman–Crippen LogP) is 2.83. The quantitative estimate of drug-likeness (QED) is 0.345. The Morgan fingerprint density at radius 2 is 2.10 bits per heavy atom. The Balaban J connectivity index is 1.97. The highest BCUT2D eigenvalue weighted by molar-refractivity contribution is 5.98. The average molecular weight is 293 g/mol. The summed E-state index contributed by atoms with van der Waals surface area (Å²) >= 11 is 0. The molecule has 114 valence electrons. The molecule has 4 N–H and O–H groups in total. The molecule has 0 saturated heterocycles. The van der Waals surface area contributed by atoms with Crippen LogP contribution < -0.4 is 11.1 Å². The molecular weight excluding hydrogens is 273 g/mol. The van der Waals surface area contributed by atoms with Crippen molar-refractivity contribution in [2.45, 2.75) is 38.5 Å². The van der Waals surface area contributed by atoms with Gasteiger partial charge in [0, 0.05) is 12.0 Å². The van der Waals surface area contributed by atoms with Crippen molar-refractivity contribution in [3.05, 3.63) is 29.6 Å². The van der Waals surface area contributed by atoms with Crippen LogP contribution in [-0.4, -0.2) is 17.0 Å². The van der Waals surface area contributed by atoms with Gasteiger partial charge in [0.05, 0.1) is 5.69 Å². The molecule has 1 aromatic carbocycles. The van der Waals surface area contributed by atoms with Crippen LogP contribution >= 0.6 is 0 Å². The molecule has 0 unspecified atom stereocenters. The lowest BCUT2D eigenvalue weighted by molar-refractivity contribution is -0.117. The Bertz CT molecular complexity index is 540. The molecule has 0 atom stereocenters. The highest BCUT2D eigenvalue weighted by Gasteiger charge is 2.18. The molecule has 1 aliphatic carbocycles. The molecule has 21 heavy (non-hydrogen) atoms. The second-order valence-corrected chi connectivity index (χ2v) is 5.44. The maximum Gasteiger partial charge on any atom is 0.224 e. The minimum absolute atomic E-state index is 0.116. The fourth-order valence-electron chi connectivity index (χ4n) is 2.69. The van der Waals surface area contributed by atoms with E-state index in [2.05, 4.69) is 10.5 Å². The van der Waals surface area contributed by atoms with Crippen LogP contribution in [0.3, 0.4) is 0 Å². The lowest BCUT2D eigenvalue weighted by Crippen LogP contribution is -2.19. The maximum absolute atomic E-state index is 13.9. The Kier molecular flexibility index (Phi) is 5.14. The SMILES string of the molecule is N/C(=N/O)c1ccc(NC(=O)CC2CCCCC2)c(F)c1. The molecule has 6 heteroatoms. The summed E-state index contributed by atoms with van der Waals surface area (Å²) in [5.74, 6) is -0.541.